The normalized spacial score (nSPS) is 17.0. The van der Waals surface area contributed by atoms with Crippen molar-refractivity contribution in [1.29, 1.82) is 0 Å². The monoisotopic (exact) mass is 388 g/mol. The third-order valence-electron chi connectivity index (χ3n) is 4.00. The van der Waals surface area contributed by atoms with Crippen molar-refractivity contribution in [3.8, 4) is 5.75 Å². The summed E-state index contributed by atoms with van der Waals surface area (Å²) in [6.07, 6.45) is 0.205. The Morgan fingerprint density at radius 3 is 2.62 bits per heavy atom. The van der Waals surface area contributed by atoms with Gasteiger partial charge in [-0.15, -0.1) is 0 Å². The van der Waals surface area contributed by atoms with Gasteiger partial charge in [0.2, 0.25) is 11.8 Å². The molecule has 0 aliphatic carbocycles. The second kappa shape index (κ2) is 7.05. The van der Waals surface area contributed by atoms with E-state index in [0.29, 0.717) is 18.0 Å². The first-order chi connectivity index (χ1) is 11.6. The number of methoxy groups -OCH3 is 1. The molecule has 0 spiro atoms. The van der Waals surface area contributed by atoms with Crippen LogP contribution in [0.2, 0.25) is 0 Å². The highest BCUT2D eigenvalue weighted by molar-refractivity contribution is 9.10. The van der Waals surface area contributed by atoms with E-state index in [1.807, 2.05) is 36.4 Å². The fourth-order valence-corrected chi connectivity index (χ4v) is 3.00. The number of nitrogens with zero attached hydrogens (tertiary/aromatic N) is 1. The fourth-order valence-electron chi connectivity index (χ4n) is 2.74. The topological polar surface area (TPSA) is 58.6 Å². The second-order valence-electron chi connectivity index (χ2n) is 5.57. The maximum atomic E-state index is 12.5. The van der Waals surface area contributed by atoms with Gasteiger partial charge in [0.25, 0.3) is 0 Å². The lowest BCUT2D eigenvalue weighted by atomic mass is 10.1. The van der Waals surface area contributed by atoms with Gasteiger partial charge in [0.1, 0.15) is 5.75 Å². The summed E-state index contributed by atoms with van der Waals surface area (Å²) in [6.45, 7) is 0.376. The first kappa shape index (κ1) is 16.5. The van der Waals surface area contributed by atoms with Crippen LogP contribution in [0.15, 0.2) is 53.0 Å². The smallest absolute Gasteiger partial charge is 0.229 e. The third-order valence-corrected chi connectivity index (χ3v) is 4.53. The van der Waals surface area contributed by atoms with Crippen LogP contribution in [0, 0.1) is 5.92 Å². The predicted molar refractivity (Wildman–Crippen MR) is 96.2 cm³/mol. The quantitative estimate of drug-likeness (QED) is 0.872. The molecule has 6 heteroatoms. The molecule has 3 rings (SSSR count). The Morgan fingerprint density at radius 1 is 1.21 bits per heavy atom. The molecule has 5 nitrogen and oxygen atoms in total. The van der Waals surface area contributed by atoms with Gasteiger partial charge in [-0.2, -0.15) is 0 Å². The van der Waals surface area contributed by atoms with Gasteiger partial charge in [0.15, 0.2) is 0 Å². The highest BCUT2D eigenvalue weighted by Gasteiger charge is 2.35. The highest BCUT2D eigenvalue weighted by atomic mass is 79.9. The van der Waals surface area contributed by atoms with Gasteiger partial charge in [0.05, 0.1) is 18.7 Å². The summed E-state index contributed by atoms with van der Waals surface area (Å²) in [6, 6.07) is 14.7. The number of nitrogens with one attached hydrogen (secondary N) is 1. The zero-order valence-electron chi connectivity index (χ0n) is 13.2. The van der Waals surface area contributed by atoms with E-state index in [-0.39, 0.29) is 24.2 Å². The number of ether oxygens (including phenoxy) is 1. The van der Waals surface area contributed by atoms with Crippen LogP contribution >= 0.6 is 15.9 Å². The van der Waals surface area contributed by atoms with Crippen molar-refractivity contribution in [2.45, 2.75) is 6.42 Å². The Balaban J connectivity index is 1.71. The van der Waals surface area contributed by atoms with Crippen molar-refractivity contribution in [2.75, 3.05) is 23.9 Å². The minimum absolute atomic E-state index is 0.0440. The molecule has 2 amide bonds. The molecule has 0 unspecified atom stereocenters. The summed E-state index contributed by atoms with van der Waals surface area (Å²) in [5, 5.41) is 2.85. The van der Waals surface area contributed by atoms with E-state index >= 15 is 0 Å². The first-order valence-electron chi connectivity index (χ1n) is 7.58. The van der Waals surface area contributed by atoms with Crippen LogP contribution in [0.1, 0.15) is 6.42 Å². The number of carbonyl (C=O) groups excluding carboxylic acids is 2. The van der Waals surface area contributed by atoms with Gasteiger partial charge in [-0.25, -0.2) is 0 Å². The Hall–Kier alpha value is -2.34. The maximum Gasteiger partial charge on any atom is 0.229 e. The summed E-state index contributed by atoms with van der Waals surface area (Å²) >= 11 is 3.38. The van der Waals surface area contributed by atoms with Gasteiger partial charge in [0, 0.05) is 23.1 Å². The van der Waals surface area contributed by atoms with Crippen molar-refractivity contribution < 1.29 is 14.3 Å². The molecular formula is C18H17BrN2O3. The Labute approximate surface area is 148 Å². The lowest BCUT2D eigenvalue weighted by Crippen LogP contribution is -2.28. The van der Waals surface area contributed by atoms with Crippen molar-refractivity contribution in [3.63, 3.8) is 0 Å². The minimum Gasteiger partial charge on any atom is -0.495 e. The van der Waals surface area contributed by atoms with E-state index in [2.05, 4.69) is 21.2 Å². The number of rotatable bonds is 4. The average molecular weight is 389 g/mol. The average Bonchev–Trinajstić information content (AvgIpc) is 2.98. The number of para-hydroxylation sites is 2. The van der Waals surface area contributed by atoms with E-state index in [0.717, 1.165) is 10.2 Å². The molecule has 1 aliphatic heterocycles. The van der Waals surface area contributed by atoms with Gasteiger partial charge < -0.3 is 15.0 Å². The number of halogens is 1. The molecule has 1 N–H and O–H groups in total. The minimum atomic E-state index is -0.383. The maximum absolute atomic E-state index is 12.5. The molecule has 0 radical (unpaired) electrons. The fraction of sp³-hybridized carbons (Fsp3) is 0.222. The zero-order chi connectivity index (χ0) is 17.1. The molecule has 0 bridgehead atoms. The highest BCUT2D eigenvalue weighted by Crippen LogP contribution is 2.29. The molecule has 0 aromatic heterocycles. The summed E-state index contributed by atoms with van der Waals surface area (Å²) in [7, 11) is 1.55. The van der Waals surface area contributed by atoms with E-state index in [4.69, 9.17) is 4.74 Å². The van der Waals surface area contributed by atoms with Crippen LogP contribution in [0.3, 0.4) is 0 Å². The largest absolute Gasteiger partial charge is 0.495 e. The number of amides is 2. The molecule has 124 valence electrons. The van der Waals surface area contributed by atoms with Crippen LogP contribution in [0.5, 0.6) is 5.75 Å². The van der Waals surface area contributed by atoms with E-state index < -0.39 is 0 Å². The summed E-state index contributed by atoms with van der Waals surface area (Å²) in [5.74, 6) is -0.00374. The number of hydrogen-bond donors (Lipinski definition) is 1. The van der Waals surface area contributed by atoms with Crippen molar-refractivity contribution in [1.82, 2.24) is 0 Å². The van der Waals surface area contributed by atoms with Crippen LogP contribution < -0.4 is 15.0 Å². The Kier molecular flexibility index (Phi) is 4.85. The van der Waals surface area contributed by atoms with Crippen LogP contribution in [-0.2, 0) is 9.59 Å². The standard InChI is InChI=1S/C18H17BrN2O3/c1-24-16-5-3-2-4-15(16)20-18(23)12-10-17(22)21(11-12)14-8-6-13(19)7-9-14/h2-9,12H,10-11H2,1H3,(H,20,23)/t12-/m1/s1. The molecule has 2 aromatic carbocycles. The van der Waals surface area contributed by atoms with Gasteiger partial charge in [-0.1, -0.05) is 28.1 Å². The molecular weight excluding hydrogens is 372 g/mol. The second-order valence-corrected chi connectivity index (χ2v) is 6.49. The third kappa shape index (κ3) is 3.43. The first-order valence-corrected chi connectivity index (χ1v) is 8.37. The predicted octanol–water partition coefficient (Wildman–Crippen LogP) is 3.45. The van der Waals surface area contributed by atoms with Crippen LogP contribution in [0.25, 0.3) is 0 Å². The van der Waals surface area contributed by atoms with E-state index in [9.17, 15) is 9.59 Å². The summed E-state index contributed by atoms with van der Waals surface area (Å²) in [4.78, 5) is 26.4. The molecule has 0 saturated carbocycles. The van der Waals surface area contributed by atoms with E-state index in [1.165, 1.54) is 0 Å². The SMILES string of the molecule is COc1ccccc1NC(=O)[C@@H]1CC(=O)N(c2ccc(Br)cc2)C1. The summed E-state index contributed by atoms with van der Waals surface area (Å²) in [5.41, 5.74) is 1.41. The van der Waals surface area contributed by atoms with E-state index in [1.54, 1.807) is 24.1 Å². The molecule has 1 aliphatic rings. The van der Waals surface area contributed by atoms with Crippen molar-refractivity contribution in [2.24, 2.45) is 5.92 Å². The molecule has 1 saturated heterocycles. The molecule has 1 fully saturated rings. The Bertz CT molecular complexity index is 761. The van der Waals surface area contributed by atoms with Crippen molar-refractivity contribution >= 4 is 39.1 Å². The van der Waals surface area contributed by atoms with Gasteiger partial charge in [-0.05, 0) is 36.4 Å². The number of hydrogen-bond acceptors (Lipinski definition) is 3. The number of benzene rings is 2. The summed E-state index contributed by atoms with van der Waals surface area (Å²) < 4.78 is 6.18. The number of carbonyl (C=O) groups is 2. The Morgan fingerprint density at radius 2 is 1.92 bits per heavy atom. The van der Waals surface area contributed by atoms with Crippen LogP contribution in [0.4, 0.5) is 11.4 Å². The van der Waals surface area contributed by atoms with Crippen LogP contribution in [-0.4, -0.2) is 25.5 Å². The lowest BCUT2D eigenvalue weighted by Gasteiger charge is -2.17. The van der Waals surface area contributed by atoms with Gasteiger partial charge >= 0.3 is 0 Å². The van der Waals surface area contributed by atoms with Gasteiger partial charge in [-0.3, -0.25) is 9.59 Å². The molecule has 24 heavy (non-hydrogen) atoms. The molecule has 2 aromatic rings. The lowest BCUT2D eigenvalue weighted by molar-refractivity contribution is -0.122. The zero-order valence-corrected chi connectivity index (χ0v) is 14.7. The molecule has 1 heterocycles. The van der Waals surface area contributed by atoms with Crippen molar-refractivity contribution in [3.05, 3.63) is 53.0 Å². The number of anilines is 2. The molecule has 1 atom stereocenters.